The first-order valence-electron chi connectivity index (χ1n) is 6.77. The highest BCUT2D eigenvalue weighted by atomic mass is 35.5. The molecule has 5 unspecified atom stereocenters. The highest BCUT2D eigenvalue weighted by Crippen LogP contribution is 2.82. The van der Waals surface area contributed by atoms with Crippen molar-refractivity contribution in [1.29, 1.82) is 0 Å². The monoisotopic (exact) mass is 268 g/mol. The van der Waals surface area contributed by atoms with Gasteiger partial charge >= 0.3 is 6.03 Å². The molecule has 4 nitrogen and oxygen atoms in total. The lowest BCUT2D eigenvalue weighted by Gasteiger charge is -2.72. The number of nitrogens with one attached hydrogen (secondary N) is 2. The third-order valence-electron chi connectivity index (χ3n) is 6.12. The summed E-state index contributed by atoms with van der Waals surface area (Å²) < 4.78 is 0. The smallest absolute Gasteiger partial charge is 0.321 e. The molecule has 18 heavy (non-hydrogen) atoms. The van der Waals surface area contributed by atoms with Crippen LogP contribution in [0.2, 0.25) is 0 Å². The molecule has 4 aliphatic carbocycles. The number of alkyl halides is 1. The lowest BCUT2D eigenvalue weighted by atomic mass is 9.35. The molecule has 2 bridgehead atoms. The SMILES string of the molecule is O=C(CCl)NC(=O)NC12CC3CC4CC(C1)C42C3. The maximum atomic E-state index is 11.8. The van der Waals surface area contributed by atoms with Crippen LogP contribution in [0.5, 0.6) is 0 Å². The zero-order valence-electron chi connectivity index (χ0n) is 10.2. The molecule has 0 aliphatic heterocycles. The predicted octanol–water partition coefficient (Wildman–Crippen LogP) is 1.63. The average molecular weight is 269 g/mol. The van der Waals surface area contributed by atoms with Crippen LogP contribution in [0, 0.1) is 23.2 Å². The Balaban J connectivity index is 1.50. The number of imide groups is 1. The van der Waals surface area contributed by atoms with Crippen LogP contribution < -0.4 is 10.6 Å². The molecule has 1 spiro atoms. The Hall–Kier alpha value is -0.770. The zero-order chi connectivity index (χ0) is 12.5. The molecule has 98 valence electrons. The van der Waals surface area contributed by atoms with Gasteiger partial charge < -0.3 is 5.32 Å². The van der Waals surface area contributed by atoms with E-state index in [1.165, 1.54) is 19.3 Å². The largest absolute Gasteiger partial charge is 0.332 e. The Bertz CT molecular complexity index is 454. The molecule has 0 radical (unpaired) electrons. The summed E-state index contributed by atoms with van der Waals surface area (Å²) in [7, 11) is 0. The molecule has 5 atom stereocenters. The van der Waals surface area contributed by atoms with Gasteiger partial charge in [-0.05, 0) is 55.3 Å². The Labute approximate surface area is 111 Å². The number of halogens is 1. The van der Waals surface area contributed by atoms with Gasteiger partial charge in [0, 0.05) is 5.54 Å². The van der Waals surface area contributed by atoms with E-state index in [-0.39, 0.29) is 17.5 Å². The second-order valence-electron chi connectivity index (χ2n) is 6.60. The summed E-state index contributed by atoms with van der Waals surface area (Å²) >= 11 is 5.39. The number of fused-ring (bicyclic) bond motifs is 1. The van der Waals surface area contributed by atoms with Crippen molar-refractivity contribution in [3.8, 4) is 0 Å². The van der Waals surface area contributed by atoms with Crippen molar-refractivity contribution in [2.45, 2.75) is 37.6 Å². The summed E-state index contributed by atoms with van der Waals surface area (Å²) in [6, 6.07) is -0.355. The number of hydrogen-bond donors (Lipinski definition) is 2. The maximum absolute atomic E-state index is 11.8. The van der Waals surface area contributed by atoms with E-state index in [9.17, 15) is 9.59 Å². The average Bonchev–Trinajstić information content (AvgIpc) is 2.76. The topological polar surface area (TPSA) is 58.2 Å². The van der Waals surface area contributed by atoms with Gasteiger partial charge in [-0.15, -0.1) is 11.6 Å². The molecular formula is C13H17ClN2O2. The van der Waals surface area contributed by atoms with Crippen molar-refractivity contribution < 1.29 is 9.59 Å². The van der Waals surface area contributed by atoms with Crippen LogP contribution in [-0.2, 0) is 4.79 Å². The van der Waals surface area contributed by atoms with Gasteiger partial charge in [-0.25, -0.2) is 4.79 Å². The van der Waals surface area contributed by atoms with E-state index < -0.39 is 5.91 Å². The van der Waals surface area contributed by atoms with Gasteiger partial charge in [-0.2, -0.15) is 0 Å². The standard InChI is InChI=1S/C13H17ClN2O2/c14-6-10(17)15-11(18)16-12-3-7-1-8-2-9(5-12)13(8,12)4-7/h7-9H,1-6H2,(H2,15,16,17,18). The molecule has 0 aromatic heterocycles. The number of carbonyl (C=O) groups is 2. The van der Waals surface area contributed by atoms with E-state index >= 15 is 0 Å². The molecule has 0 saturated heterocycles. The summed E-state index contributed by atoms with van der Waals surface area (Å²) in [6.45, 7) is 0. The molecule has 2 N–H and O–H groups in total. The fraction of sp³-hybridized carbons (Fsp3) is 0.846. The van der Waals surface area contributed by atoms with Gasteiger partial charge in [0.15, 0.2) is 0 Å². The van der Waals surface area contributed by atoms with Gasteiger partial charge in [-0.3, -0.25) is 10.1 Å². The van der Waals surface area contributed by atoms with Crippen molar-refractivity contribution in [2.24, 2.45) is 23.2 Å². The Kier molecular flexibility index (Phi) is 1.98. The second kappa shape index (κ2) is 3.21. The van der Waals surface area contributed by atoms with E-state index in [1.54, 1.807) is 0 Å². The molecule has 4 rings (SSSR count). The summed E-state index contributed by atoms with van der Waals surface area (Å²) in [4.78, 5) is 23.0. The number of rotatable bonds is 2. The molecule has 4 fully saturated rings. The number of hydrogen-bond acceptors (Lipinski definition) is 2. The van der Waals surface area contributed by atoms with Crippen LogP contribution in [0.1, 0.15) is 32.1 Å². The number of carbonyl (C=O) groups excluding carboxylic acids is 2. The van der Waals surface area contributed by atoms with Crippen molar-refractivity contribution >= 4 is 23.5 Å². The fourth-order valence-electron chi connectivity index (χ4n) is 5.81. The van der Waals surface area contributed by atoms with Crippen molar-refractivity contribution in [1.82, 2.24) is 10.6 Å². The summed E-state index contributed by atoms with van der Waals surface area (Å²) in [5.74, 6) is 1.87. The van der Waals surface area contributed by atoms with E-state index in [2.05, 4.69) is 10.6 Å². The number of urea groups is 1. The third kappa shape index (κ3) is 1.05. The van der Waals surface area contributed by atoms with Crippen LogP contribution in [-0.4, -0.2) is 23.4 Å². The molecule has 5 heteroatoms. The molecule has 4 aliphatic rings. The Morgan fingerprint density at radius 2 is 2.00 bits per heavy atom. The maximum Gasteiger partial charge on any atom is 0.321 e. The molecule has 0 aromatic rings. The van der Waals surface area contributed by atoms with Gasteiger partial charge in [-0.1, -0.05) is 0 Å². The summed E-state index contributed by atoms with van der Waals surface area (Å²) in [5.41, 5.74) is 0.402. The third-order valence-corrected chi connectivity index (χ3v) is 6.36. The Morgan fingerprint density at radius 3 is 2.67 bits per heavy atom. The minimum absolute atomic E-state index is 0.000175. The van der Waals surface area contributed by atoms with Gasteiger partial charge in [0.25, 0.3) is 0 Å². The molecule has 0 heterocycles. The predicted molar refractivity (Wildman–Crippen MR) is 66.1 cm³/mol. The van der Waals surface area contributed by atoms with E-state index in [0.29, 0.717) is 5.41 Å². The van der Waals surface area contributed by atoms with Gasteiger partial charge in [0.1, 0.15) is 5.88 Å². The Morgan fingerprint density at radius 1 is 1.17 bits per heavy atom. The van der Waals surface area contributed by atoms with E-state index in [1.807, 2.05) is 0 Å². The lowest BCUT2D eigenvalue weighted by molar-refractivity contribution is -0.201. The van der Waals surface area contributed by atoms with Crippen LogP contribution in [0.4, 0.5) is 4.79 Å². The van der Waals surface area contributed by atoms with Crippen molar-refractivity contribution in [3.05, 3.63) is 0 Å². The van der Waals surface area contributed by atoms with E-state index in [4.69, 9.17) is 11.6 Å². The first kappa shape index (κ1) is 11.1. The minimum Gasteiger partial charge on any atom is -0.332 e. The fourth-order valence-corrected chi connectivity index (χ4v) is 5.88. The normalized spacial score (nSPS) is 49.9. The number of amides is 3. The molecular weight excluding hydrogens is 252 g/mol. The van der Waals surface area contributed by atoms with Crippen LogP contribution >= 0.6 is 11.6 Å². The zero-order valence-corrected chi connectivity index (χ0v) is 10.9. The molecule has 4 saturated carbocycles. The molecule has 3 amide bonds. The lowest BCUT2D eigenvalue weighted by Crippen LogP contribution is -2.77. The van der Waals surface area contributed by atoms with Crippen molar-refractivity contribution in [3.63, 3.8) is 0 Å². The summed E-state index contributed by atoms with van der Waals surface area (Å²) in [6.07, 6.45) is 6.25. The first-order chi connectivity index (χ1) is 8.59. The van der Waals surface area contributed by atoms with Crippen molar-refractivity contribution in [2.75, 3.05) is 5.88 Å². The van der Waals surface area contributed by atoms with Crippen LogP contribution in [0.15, 0.2) is 0 Å². The highest BCUT2D eigenvalue weighted by molar-refractivity contribution is 6.28. The van der Waals surface area contributed by atoms with Crippen LogP contribution in [0.25, 0.3) is 0 Å². The van der Waals surface area contributed by atoms with Gasteiger partial charge in [0.05, 0.1) is 0 Å². The van der Waals surface area contributed by atoms with Gasteiger partial charge in [0.2, 0.25) is 5.91 Å². The quantitative estimate of drug-likeness (QED) is 0.748. The molecule has 0 aromatic carbocycles. The minimum atomic E-state index is -0.424. The van der Waals surface area contributed by atoms with Crippen LogP contribution in [0.3, 0.4) is 0 Å². The highest BCUT2D eigenvalue weighted by Gasteiger charge is 2.80. The first-order valence-corrected chi connectivity index (χ1v) is 7.31. The summed E-state index contributed by atoms with van der Waals surface area (Å²) in [5, 5.41) is 5.41. The second-order valence-corrected chi connectivity index (χ2v) is 6.87. The van der Waals surface area contributed by atoms with E-state index in [0.717, 1.165) is 30.6 Å².